The van der Waals surface area contributed by atoms with Crippen molar-refractivity contribution in [1.29, 1.82) is 0 Å². The molecule has 80 valence electrons. The van der Waals surface area contributed by atoms with Gasteiger partial charge in [-0.15, -0.1) is 0 Å². The van der Waals surface area contributed by atoms with Gasteiger partial charge in [-0.2, -0.15) is 0 Å². The third kappa shape index (κ3) is 1.82. The molecule has 2 saturated heterocycles. The Kier molecular flexibility index (Phi) is 2.29. The van der Waals surface area contributed by atoms with Gasteiger partial charge in [-0.1, -0.05) is 0 Å². The van der Waals surface area contributed by atoms with Crippen molar-refractivity contribution in [3.8, 4) is 0 Å². The minimum absolute atomic E-state index is 0.827. The molecular weight excluding hydrogens is 172 g/mol. The Labute approximate surface area is 87.0 Å². The lowest BCUT2D eigenvalue weighted by Crippen LogP contribution is -2.24. The topological polar surface area (TPSA) is 15.3 Å². The van der Waals surface area contributed by atoms with Crippen LogP contribution in [0.3, 0.4) is 0 Å². The van der Waals surface area contributed by atoms with Crippen LogP contribution in [0.25, 0.3) is 0 Å². The van der Waals surface area contributed by atoms with Crippen molar-refractivity contribution in [2.45, 2.75) is 32.1 Å². The van der Waals surface area contributed by atoms with E-state index in [1.807, 2.05) is 0 Å². The molecule has 1 unspecified atom stereocenters. The van der Waals surface area contributed by atoms with Crippen molar-refractivity contribution in [1.82, 2.24) is 10.2 Å². The zero-order chi connectivity index (χ0) is 9.43. The molecule has 0 amide bonds. The molecule has 3 rings (SSSR count). The fourth-order valence-electron chi connectivity index (χ4n) is 3.13. The van der Waals surface area contributed by atoms with Crippen LogP contribution in [0.1, 0.15) is 32.1 Å². The molecule has 0 aromatic rings. The summed E-state index contributed by atoms with van der Waals surface area (Å²) in [5, 5.41) is 3.46. The summed E-state index contributed by atoms with van der Waals surface area (Å²) in [6, 6.07) is 0. The number of nitrogens with one attached hydrogen (secondary N) is 1. The molecule has 14 heavy (non-hydrogen) atoms. The highest BCUT2D eigenvalue weighted by molar-refractivity contribution is 5.00. The number of hydrogen-bond acceptors (Lipinski definition) is 2. The van der Waals surface area contributed by atoms with E-state index in [9.17, 15) is 0 Å². The van der Waals surface area contributed by atoms with Crippen molar-refractivity contribution >= 4 is 0 Å². The maximum atomic E-state index is 3.46. The number of hydrogen-bond donors (Lipinski definition) is 1. The molecule has 1 atom stereocenters. The van der Waals surface area contributed by atoms with Crippen LogP contribution in [0.2, 0.25) is 0 Å². The number of rotatable bonds is 3. The lowest BCUT2D eigenvalue weighted by atomic mass is 10.0. The van der Waals surface area contributed by atoms with Gasteiger partial charge in [-0.25, -0.2) is 0 Å². The molecule has 1 N–H and O–H groups in total. The second-order valence-electron chi connectivity index (χ2n) is 5.67. The van der Waals surface area contributed by atoms with E-state index in [4.69, 9.17) is 0 Å². The minimum atomic E-state index is 0.827. The summed E-state index contributed by atoms with van der Waals surface area (Å²) in [4.78, 5) is 2.71. The maximum absolute atomic E-state index is 3.46. The highest BCUT2D eigenvalue weighted by Gasteiger charge is 2.47. The molecule has 2 nitrogen and oxygen atoms in total. The Bertz CT molecular complexity index is 204. The molecule has 1 saturated carbocycles. The second kappa shape index (κ2) is 3.49. The zero-order valence-electron chi connectivity index (χ0n) is 9.10. The molecule has 2 aliphatic heterocycles. The van der Waals surface area contributed by atoms with Crippen molar-refractivity contribution in [2.24, 2.45) is 11.3 Å². The highest BCUT2D eigenvalue weighted by Crippen LogP contribution is 2.52. The molecule has 3 aliphatic rings. The second-order valence-corrected chi connectivity index (χ2v) is 5.67. The van der Waals surface area contributed by atoms with Gasteiger partial charge in [0.1, 0.15) is 0 Å². The van der Waals surface area contributed by atoms with Gasteiger partial charge in [0.25, 0.3) is 0 Å². The highest BCUT2D eigenvalue weighted by atomic mass is 15.2. The summed E-state index contributed by atoms with van der Waals surface area (Å²) in [5.41, 5.74) is 0.827. The largest absolute Gasteiger partial charge is 0.316 e. The fourth-order valence-corrected chi connectivity index (χ4v) is 3.13. The smallest absolute Gasteiger partial charge is 0.00385 e. The Morgan fingerprint density at radius 2 is 2.21 bits per heavy atom. The van der Waals surface area contributed by atoms with E-state index >= 15 is 0 Å². The number of likely N-dealkylation sites (tertiary alicyclic amines) is 1. The fraction of sp³-hybridized carbons (Fsp3) is 1.00. The number of nitrogens with zero attached hydrogens (tertiary/aromatic N) is 1. The average Bonchev–Trinajstić information content (AvgIpc) is 2.66. The van der Waals surface area contributed by atoms with E-state index in [2.05, 4.69) is 10.2 Å². The predicted octanol–water partition coefficient (Wildman–Crippen LogP) is 1.47. The molecule has 0 radical (unpaired) electrons. The molecule has 3 fully saturated rings. The minimum Gasteiger partial charge on any atom is -0.316 e. The van der Waals surface area contributed by atoms with E-state index in [0.717, 1.165) is 11.3 Å². The molecule has 0 bridgehead atoms. The van der Waals surface area contributed by atoms with Gasteiger partial charge in [0, 0.05) is 6.54 Å². The molecule has 0 aromatic carbocycles. The first-order chi connectivity index (χ1) is 6.86. The lowest BCUT2D eigenvalue weighted by Gasteiger charge is -2.17. The van der Waals surface area contributed by atoms with Crippen LogP contribution in [-0.4, -0.2) is 37.6 Å². The SMILES string of the molecule is C1CC(CCN2CCC3(CC3)C2)CN1. The molecule has 0 aromatic heterocycles. The van der Waals surface area contributed by atoms with E-state index < -0.39 is 0 Å². The molecule has 1 spiro atoms. The van der Waals surface area contributed by atoms with Gasteiger partial charge in [0.05, 0.1) is 0 Å². The summed E-state index contributed by atoms with van der Waals surface area (Å²) in [6.07, 6.45) is 7.39. The molecule has 2 heteroatoms. The van der Waals surface area contributed by atoms with Gasteiger partial charge in [0.2, 0.25) is 0 Å². The molecular formula is C12H22N2. The van der Waals surface area contributed by atoms with Gasteiger partial charge in [-0.05, 0) is 69.6 Å². The summed E-state index contributed by atoms with van der Waals surface area (Å²) < 4.78 is 0. The maximum Gasteiger partial charge on any atom is 0.00385 e. The predicted molar refractivity (Wildman–Crippen MR) is 58.3 cm³/mol. The van der Waals surface area contributed by atoms with E-state index in [1.165, 1.54) is 64.8 Å². The quantitative estimate of drug-likeness (QED) is 0.732. The summed E-state index contributed by atoms with van der Waals surface area (Å²) in [7, 11) is 0. The summed E-state index contributed by atoms with van der Waals surface area (Å²) in [6.45, 7) is 6.72. The van der Waals surface area contributed by atoms with Crippen molar-refractivity contribution in [3.05, 3.63) is 0 Å². The molecule has 2 heterocycles. The Balaban J connectivity index is 1.40. The van der Waals surface area contributed by atoms with Crippen LogP contribution in [0, 0.1) is 11.3 Å². The van der Waals surface area contributed by atoms with Crippen LogP contribution < -0.4 is 5.32 Å². The Morgan fingerprint density at radius 3 is 2.86 bits per heavy atom. The third-order valence-electron chi connectivity index (χ3n) is 4.49. The van der Waals surface area contributed by atoms with E-state index in [-0.39, 0.29) is 0 Å². The summed E-state index contributed by atoms with van der Waals surface area (Å²) >= 11 is 0. The first kappa shape index (κ1) is 9.17. The van der Waals surface area contributed by atoms with Crippen LogP contribution in [0.15, 0.2) is 0 Å². The Morgan fingerprint density at radius 1 is 1.29 bits per heavy atom. The van der Waals surface area contributed by atoms with Crippen LogP contribution in [-0.2, 0) is 0 Å². The molecule has 1 aliphatic carbocycles. The van der Waals surface area contributed by atoms with Gasteiger partial charge in [-0.3, -0.25) is 0 Å². The monoisotopic (exact) mass is 194 g/mol. The van der Waals surface area contributed by atoms with Crippen molar-refractivity contribution < 1.29 is 0 Å². The van der Waals surface area contributed by atoms with Crippen molar-refractivity contribution in [3.63, 3.8) is 0 Å². The van der Waals surface area contributed by atoms with E-state index in [1.54, 1.807) is 0 Å². The van der Waals surface area contributed by atoms with Gasteiger partial charge < -0.3 is 10.2 Å². The van der Waals surface area contributed by atoms with Gasteiger partial charge in [0.15, 0.2) is 0 Å². The van der Waals surface area contributed by atoms with Crippen LogP contribution in [0.4, 0.5) is 0 Å². The van der Waals surface area contributed by atoms with Crippen LogP contribution in [0.5, 0.6) is 0 Å². The summed E-state index contributed by atoms with van der Waals surface area (Å²) in [5.74, 6) is 0.978. The first-order valence-electron chi connectivity index (χ1n) is 6.29. The van der Waals surface area contributed by atoms with E-state index in [0.29, 0.717) is 0 Å². The Hall–Kier alpha value is -0.0800. The lowest BCUT2D eigenvalue weighted by molar-refractivity contribution is 0.293. The third-order valence-corrected chi connectivity index (χ3v) is 4.49. The average molecular weight is 194 g/mol. The normalized spacial score (nSPS) is 35.6. The van der Waals surface area contributed by atoms with Crippen molar-refractivity contribution in [2.75, 3.05) is 32.7 Å². The zero-order valence-corrected chi connectivity index (χ0v) is 9.10. The van der Waals surface area contributed by atoms with Gasteiger partial charge >= 0.3 is 0 Å². The first-order valence-corrected chi connectivity index (χ1v) is 6.29. The van der Waals surface area contributed by atoms with Crippen LogP contribution >= 0.6 is 0 Å². The standard InChI is InChI=1S/C12H22N2/c1-6-13-9-11(1)2-7-14-8-5-12(10-14)3-4-12/h11,13H,1-10H2.